The maximum absolute atomic E-state index is 10.6. The smallest absolute Gasteiger partial charge is 0.270 e. The van der Waals surface area contributed by atoms with Crippen LogP contribution in [0.5, 0.6) is 5.75 Å². The number of nitro benzene ring substituents is 1. The molecule has 1 aromatic rings. The summed E-state index contributed by atoms with van der Waals surface area (Å²) in [6, 6.07) is 4.25. The lowest BCUT2D eigenvalue weighted by Gasteiger charge is -2.18. The summed E-state index contributed by atoms with van der Waals surface area (Å²) >= 11 is 0. The molecule has 0 aromatic heterocycles. The summed E-state index contributed by atoms with van der Waals surface area (Å²) in [6.07, 6.45) is 0.870. The van der Waals surface area contributed by atoms with Gasteiger partial charge in [-0.3, -0.25) is 10.1 Å². The van der Waals surface area contributed by atoms with Gasteiger partial charge in [-0.1, -0.05) is 20.8 Å². The summed E-state index contributed by atoms with van der Waals surface area (Å²) in [7, 11) is 0. The lowest BCUT2D eigenvalue weighted by atomic mass is 9.93. The molecule has 1 rings (SSSR count). The van der Waals surface area contributed by atoms with Crippen LogP contribution in [-0.4, -0.2) is 16.6 Å². The number of rotatable bonds is 5. The molecule has 18 heavy (non-hydrogen) atoms. The monoisotopic (exact) mass is 253 g/mol. The number of non-ortho nitro benzene ring substituents is 1. The van der Waals surface area contributed by atoms with Gasteiger partial charge in [-0.15, -0.1) is 0 Å². The van der Waals surface area contributed by atoms with Crippen LogP contribution in [0.25, 0.3) is 0 Å². The van der Waals surface area contributed by atoms with E-state index in [0.29, 0.717) is 17.9 Å². The van der Waals surface area contributed by atoms with Crippen molar-refractivity contribution in [1.82, 2.24) is 0 Å². The highest BCUT2D eigenvalue weighted by atomic mass is 16.6. The zero-order valence-corrected chi connectivity index (χ0v) is 11.0. The summed E-state index contributed by atoms with van der Waals surface area (Å²) < 4.78 is 5.56. The molecule has 100 valence electrons. The SMILES string of the molecule is CC(C)(C)CCOc1ccc([N+](=O)[O-])cc1CO. The van der Waals surface area contributed by atoms with E-state index in [1.807, 2.05) is 0 Å². The topological polar surface area (TPSA) is 72.6 Å². The predicted octanol–water partition coefficient (Wildman–Crippen LogP) is 2.90. The molecular weight excluding hydrogens is 234 g/mol. The normalized spacial score (nSPS) is 11.3. The predicted molar refractivity (Wildman–Crippen MR) is 68.6 cm³/mol. The molecule has 0 spiro atoms. The Balaban J connectivity index is 2.74. The van der Waals surface area contributed by atoms with Crippen molar-refractivity contribution < 1.29 is 14.8 Å². The lowest BCUT2D eigenvalue weighted by molar-refractivity contribution is -0.385. The molecular formula is C13H19NO4. The van der Waals surface area contributed by atoms with Crippen molar-refractivity contribution in [2.45, 2.75) is 33.8 Å². The van der Waals surface area contributed by atoms with Crippen molar-refractivity contribution in [2.75, 3.05) is 6.61 Å². The molecule has 0 aliphatic heterocycles. The van der Waals surface area contributed by atoms with Crippen LogP contribution in [0.15, 0.2) is 18.2 Å². The Labute approximate surface area is 107 Å². The van der Waals surface area contributed by atoms with Crippen molar-refractivity contribution in [1.29, 1.82) is 0 Å². The van der Waals surface area contributed by atoms with Gasteiger partial charge in [0.05, 0.1) is 18.1 Å². The van der Waals surface area contributed by atoms with E-state index in [1.165, 1.54) is 18.2 Å². The van der Waals surface area contributed by atoms with Gasteiger partial charge in [-0.25, -0.2) is 0 Å². The van der Waals surface area contributed by atoms with E-state index in [-0.39, 0.29) is 17.7 Å². The van der Waals surface area contributed by atoms with Gasteiger partial charge < -0.3 is 9.84 Å². The maximum atomic E-state index is 10.6. The van der Waals surface area contributed by atoms with E-state index in [0.717, 1.165) is 6.42 Å². The molecule has 0 heterocycles. The second-order valence-electron chi connectivity index (χ2n) is 5.37. The van der Waals surface area contributed by atoms with Crippen molar-refractivity contribution in [2.24, 2.45) is 5.41 Å². The van der Waals surface area contributed by atoms with Crippen molar-refractivity contribution in [3.05, 3.63) is 33.9 Å². The molecule has 0 bridgehead atoms. The van der Waals surface area contributed by atoms with Gasteiger partial charge in [0.15, 0.2) is 0 Å². The van der Waals surface area contributed by atoms with Crippen LogP contribution in [0.4, 0.5) is 5.69 Å². The third-order valence-corrected chi connectivity index (χ3v) is 2.53. The number of benzene rings is 1. The first kappa shape index (κ1) is 14.4. The zero-order chi connectivity index (χ0) is 13.8. The highest BCUT2D eigenvalue weighted by Crippen LogP contribution is 2.25. The van der Waals surface area contributed by atoms with Gasteiger partial charge >= 0.3 is 0 Å². The van der Waals surface area contributed by atoms with Crippen molar-refractivity contribution >= 4 is 5.69 Å². The lowest BCUT2D eigenvalue weighted by Crippen LogP contribution is -2.11. The van der Waals surface area contributed by atoms with E-state index >= 15 is 0 Å². The Morgan fingerprint density at radius 2 is 2.06 bits per heavy atom. The van der Waals surface area contributed by atoms with Crippen molar-refractivity contribution in [3.63, 3.8) is 0 Å². The number of aliphatic hydroxyl groups is 1. The fourth-order valence-corrected chi connectivity index (χ4v) is 1.41. The van der Waals surface area contributed by atoms with E-state index < -0.39 is 4.92 Å². The number of hydrogen-bond acceptors (Lipinski definition) is 4. The standard InChI is InChI=1S/C13H19NO4/c1-13(2,3)6-7-18-12-5-4-11(14(16)17)8-10(12)9-15/h4-5,8,15H,6-7,9H2,1-3H3. The van der Waals surface area contributed by atoms with Gasteiger partial charge in [-0.2, -0.15) is 0 Å². The minimum atomic E-state index is -0.488. The Morgan fingerprint density at radius 3 is 2.56 bits per heavy atom. The Bertz CT molecular complexity index is 423. The maximum Gasteiger partial charge on any atom is 0.270 e. The first-order valence-electron chi connectivity index (χ1n) is 5.84. The molecule has 1 N–H and O–H groups in total. The van der Waals surface area contributed by atoms with Gasteiger partial charge in [-0.05, 0) is 17.9 Å². The number of ether oxygens (including phenoxy) is 1. The number of aliphatic hydroxyl groups excluding tert-OH is 1. The number of nitrogens with zero attached hydrogens (tertiary/aromatic N) is 1. The average Bonchev–Trinajstić information content (AvgIpc) is 2.27. The van der Waals surface area contributed by atoms with Gasteiger partial charge in [0.1, 0.15) is 5.75 Å². The van der Waals surface area contributed by atoms with Crippen LogP contribution in [0.1, 0.15) is 32.8 Å². The minimum absolute atomic E-state index is 0.0396. The molecule has 0 saturated carbocycles. The van der Waals surface area contributed by atoms with Gasteiger partial charge in [0.25, 0.3) is 5.69 Å². The molecule has 0 atom stereocenters. The first-order chi connectivity index (χ1) is 8.33. The van der Waals surface area contributed by atoms with Crippen LogP contribution in [0.2, 0.25) is 0 Å². The zero-order valence-electron chi connectivity index (χ0n) is 11.0. The fraction of sp³-hybridized carbons (Fsp3) is 0.538. The summed E-state index contributed by atoms with van der Waals surface area (Å²) in [4.78, 5) is 10.1. The van der Waals surface area contributed by atoms with Gasteiger partial charge in [0.2, 0.25) is 0 Å². The second-order valence-corrected chi connectivity index (χ2v) is 5.37. The van der Waals surface area contributed by atoms with Gasteiger partial charge in [0, 0.05) is 17.7 Å². The molecule has 5 nitrogen and oxygen atoms in total. The first-order valence-corrected chi connectivity index (χ1v) is 5.84. The van der Waals surface area contributed by atoms with Crippen molar-refractivity contribution in [3.8, 4) is 5.75 Å². The molecule has 0 amide bonds. The summed E-state index contributed by atoms with van der Waals surface area (Å²) in [5.41, 5.74) is 0.570. The molecule has 0 fully saturated rings. The summed E-state index contributed by atoms with van der Waals surface area (Å²) in [5.74, 6) is 0.507. The highest BCUT2D eigenvalue weighted by Gasteiger charge is 2.13. The van der Waals surface area contributed by atoms with Crippen LogP contribution in [0, 0.1) is 15.5 Å². The third kappa shape index (κ3) is 4.33. The molecule has 0 saturated heterocycles. The Morgan fingerprint density at radius 1 is 1.39 bits per heavy atom. The molecule has 0 aliphatic rings. The summed E-state index contributed by atoms with van der Waals surface area (Å²) in [6.45, 7) is 6.58. The quantitative estimate of drug-likeness (QED) is 0.646. The van der Waals surface area contributed by atoms with E-state index in [2.05, 4.69) is 20.8 Å². The van der Waals surface area contributed by atoms with Crippen LogP contribution in [-0.2, 0) is 6.61 Å². The van der Waals surface area contributed by atoms with Crippen LogP contribution < -0.4 is 4.74 Å². The molecule has 5 heteroatoms. The van der Waals surface area contributed by atoms with Crippen LogP contribution in [0.3, 0.4) is 0 Å². The number of hydrogen-bond donors (Lipinski definition) is 1. The largest absolute Gasteiger partial charge is 0.493 e. The minimum Gasteiger partial charge on any atom is -0.493 e. The molecule has 0 aliphatic carbocycles. The fourth-order valence-electron chi connectivity index (χ4n) is 1.41. The van der Waals surface area contributed by atoms with E-state index in [4.69, 9.17) is 4.74 Å². The Hall–Kier alpha value is -1.62. The Kier molecular flexibility index (Phi) is 4.67. The summed E-state index contributed by atoms with van der Waals surface area (Å²) in [5, 5.41) is 19.8. The second kappa shape index (κ2) is 5.82. The van der Waals surface area contributed by atoms with Crippen LogP contribution >= 0.6 is 0 Å². The third-order valence-electron chi connectivity index (χ3n) is 2.53. The molecule has 1 aromatic carbocycles. The highest BCUT2D eigenvalue weighted by molar-refractivity contribution is 5.43. The number of nitro groups is 1. The molecule has 0 unspecified atom stereocenters. The molecule has 0 radical (unpaired) electrons. The van der Waals surface area contributed by atoms with E-state index in [9.17, 15) is 15.2 Å². The average molecular weight is 253 g/mol. The van der Waals surface area contributed by atoms with E-state index in [1.54, 1.807) is 0 Å².